The molecule has 0 radical (unpaired) electrons. The van der Waals surface area contributed by atoms with E-state index in [1.165, 1.54) is 0 Å². The zero-order valence-electron chi connectivity index (χ0n) is 10.5. The van der Waals surface area contributed by atoms with E-state index in [1.54, 1.807) is 0 Å². The highest BCUT2D eigenvalue weighted by atomic mass is 35.5. The summed E-state index contributed by atoms with van der Waals surface area (Å²) in [5.41, 5.74) is 0.953. The van der Waals surface area contributed by atoms with Gasteiger partial charge in [0.1, 0.15) is 6.61 Å². The minimum Gasteiger partial charge on any atom is -0.448 e. The molecule has 2 amide bonds. The molecule has 0 spiro atoms. The highest BCUT2D eigenvalue weighted by molar-refractivity contribution is 6.18. The molecule has 6 heteroatoms. The van der Waals surface area contributed by atoms with E-state index >= 15 is 0 Å². The predicted octanol–water partition coefficient (Wildman–Crippen LogP) is 1.31. The van der Waals surface area contributed by atoms with Gasteiger partial charge in [0.15, 0.2) is 0 Å². The zero-order valence-corrected chi connectivity index (χ0v) is 11.3. The van der Waals surface area contributed by atoms with Crippen molar-refractivity contribution in [3.05, 3.63) is 35.9 Å². The number of hydrogen-bond donors (Lipinski definition) is 2. The van der Waals surface area contributed by atoms with E-state index in [2.05, 4.69) is 10.6 Å². The normalized spacial score (nSPS) is 9.74. The van der Waals surface area contributed by atoms with Crippen LogP contribution in [0.3, 0.4) is 0 Å². The first-order valence-corrected chi connectivity index (χ1v) is 6.53. The molecule has 2 N–H and O–H groups in total. The Kier molecular flexibility index (Phi) is 7.43. The third kappa shape index (κ3) is 7.31. The van der Waals surface area contributed by atoms with Crippen LogP contribution in [0.25, 0.3) is 0 Å². The number of hydrogen-bond acceptors (Lipinski definition) is 3. The van der Waals surface area contributed by atoms with Gasteiger partial charge in [0.05, 0.1) is 12.3 Å². The summed E-state index contributed by atoms with van der Waals surface area (Å²) >= 11 is 5.36. The van der Waals surface area contributed by atoms with Crippen LogP contribution < -0.4 is 10.6 Å². The Morgan fingerprint density at radius 2 is 1.79 bits per heavy atom. The van der Waals surface area contributed by atoms with Gasteiger partial charge < -0.3 is 15.4 Å². The van der Waals surface area contributed by atoms with Gasteiger partial charge in [-0.3, -0.25) is 4.79 Å². The number of carbonyl (C=O) groups excluding carboxylic acids is 2. The Bertz CT molecular complexity index is 398. The minimum atomic E-state index is -0.530. The van der Waals surface area contributed by atoms with Gasteiger partial charge in [-0.15, -0.1) is 11.6 Å². The van der Waals surface area contributed by atoms with Crippen LogP contribution >= 0.6 is 11.6 Å². The van der Waals surface area contributed by atoms with Crippen LogP contribution in [0.4, 0.5) is 4.79 Å². The average molecular weight is 285 g/mol. The molecule has 0 heterocycles. The van der Waals surface area contributed by atoms with E-state index in [4.69, 9.17) is 16.3 Å². The van der Waals surface area contributed by atoms with Crippen molar-refractivity contribution in [2.45, 2.75) is 6.42 Å². The molecule has 19 heavy (non-hydrogen) atoms. The Morgan fingerprint density at radius 3 is 2.47 bits per heavy atom. The highest BCUT2D eigenvalue weighted by Gasteiger charge is 2.03. The lowest BCUT2D eigenvalue weighted by Gasteiger charge is -2.07. The summed E-state index contributed by atoms with van der Waals surface area (Å²) in [7, 11) is 0. The second-order valence-corrected chi connectivity index (χ2v) is 4.14. The second kappa shape index (κ2) is 9.22. The lowest BCUT2D eigenvalue weighted by molar-refractivity contribution is -0.120. The van der Waals surface area contributed by atoms with Crippen LogP contribution in [0, 0.1) is 0 Å². The Hall–Kier alpha value is -1.75. The fourth-order valence-electron chi connectivity index (χ4n) is 1.39. The molecule has 0 aliphatic carbocycles. The molecule has 0 saturated carbocycles. The van der Waals surface area contributed by atoms with Crippen molar-refractivity contribution >= 4 is 23.6 Å². The number of rotatable bonds is 7. The molecule has 0 saturated heterocycles. The highest BCUT2D eigenvalue weighted by Crippen LogP contribution is 1.98. The second-order valence-electron chi connectivity index (χ2n) is 3.76. The predicted molar refractivity (Wildman–Crippen MR) is 73.2 cm³/mol. The van der Waals surface area contributed by atoms with E-state index in [9.17, 15) is 9.59 Å². The molecule has 1 aromatic carbocycles. The maximum Gasteiger partial charge on any atom is 0.407 e. The van der Waals surface area contributed by atoms with Crippen molar-refractivity contribution in [1.29, 1.82) is 0 Å². The third-order valence-corrected chi connectivity index (χ3v) is 2.39. The van der Waals surface area contributed by atoms with E-state index in [0.29, 0.717) is 19.5 Å². The van der Waals surface area contributed by atoms with E-state index in [-0.39, 0.29) is 18.4 Å². The summed E-state index contributed by atoms with van der Waals surface area (Å²) in [5.74, 6) is 0.184. The maximum absolute atomic E-state index is 11.6. The van der Waals surface area contributed by atoms with Crippen molar-refractivity contribution in [1.82, 2.24) is 10.6 Å². The number of benzene rings is 1. The molecule has 0 aromatic heterocycles. The third-order valence-electron chi connectivity index (χ3n) is 2.23. The van der Waals surface area contributed by atoms with E-state index in [0.717, 1.165) is 5.56 Å². The van der Waals surface area contributed by atoms with Crippen molar-refractivity contribution < 1.29 is 14.3 Å². The number of amides is 2. The monoisotopic (exact) mass is 284 g/mol. The average Bonchev–Trinajstić information content (AvgIpc) is 2.42. The molecule has 0 unspecified atom stereocenters. The molecule has 0 aliphatic rings. The molecular weight excluding hydrogens is 268 g/mol. The number of nitrogens with one attached hydrogen (secondary N) is 2. The Morgan fingerprint density at radius 1 is 1.11 bits per heavy atom. The van der Waals surface area contributed by atoms with Crippen LogP contribution in [0.15, 0.2) is 30.3 Å². The lowest BCUT2D eigenvalue weighted by Crippen LogP contribution is -2.35. The molecule has 104 valence electrons. The van der Waals surface area contributed by atoms with Crippen molar-refractivity contribution in [3.63, 3.8) is 0 Å². The molecular formula is C13H17ClN2O3. The largest absolute Gasteiger partial charge is 0.448 e. The molecule has 0 atom stereocenters. The van der Waals surface area contributed by atoms with Gasteiger partial charge in [-0.1, -0.05) is 30.3 Å². The Labute approximate surface area is 117 Å². The van der Waals surface area contributed by atoms with Gasteiger partial charge in [0, 0.05) is 13.1 Å². The summed E-state index contributed by atoms with van der Waals surface area (Å²) in [4.78, 5) is 22.6. The summed E-state index contributed by atoms with van der Waals surface area (Å²) in [6.07, 6.45) is -0.199. The number of carbonyl (C=O) groups is 2. The van der Waals surface area contributed by atoms with Gasteiger partial charge in [0.2, 0.25) is 5.91 Å². The van der Waals surface area contributed by atoms with Gasteiger partial charge >= 0.3 is 6.09 Å². The van der Waals surface area contributed by atoms with Gasteiger partial charge in [-0.2, -0.15) is 0 Å². The summed E-state index contributed by atoms with van der Waals surface area (Å²) in [6.45, 7) is 0.858. The lowest BCUT2D eigenvalue weighted by atomic mass is 10.1. The van der Waals surface area contributed by atoms with Gasteiger partial charge in [-0.05, 0) is 5.56 Å². The van der Waals surface area contributed by atoms with Crippen LogP contribution in [-0.4, -0.2) is 37.6 Å². The molecule has 0 aliphatic heterocycles. The first-order valence-electron chi connectivity index (χ1n) is 5.99. The van der Waals surface area contributed by atoms with Gasteiger partial charge in [-0.25, -0.2) is 4.79 Å². The summed E-state index contributed by atoms with van der Waals surface area (Å²) < 4.78 is 4.70. The first-order chi connectivity index (χ1) is 9.22. The topological polar surface area (TPSA) is 67.4 Å². The number of alkyl carbamates (subject to hydrolysis) is 1. The quantitative estimate of drug-likeness (QED) is 0.586. The van der Waals surface area contributed by atoms with Crippen LogP contribution in [-0.2, 0) is 16.0 Å². The Balaban J connectivity index is 2.09. The number of halogens is 1. The van der Waals surface area contributed by atoms with Crippen molar-refractivity contribution in [2.24, 2.45) is 0 Å². The van der Waals surface area contributed by atoms with Crippen molar-refractivity contribution in [2.75, 3.05) is 25.6 Å². The van der Waals surface area contributed by atoms with E-state index < -0.39 is 6.09 Å². The molecule has 0 fully saturated rings. The van der Waals surface area contributed by atoms with Crippen LogP contribution in [0.1, 0.15) is 5.56 Å². The van der Waals surface area contributed by atoms with Gasteiger partial charge in [0.25, 0.3) is 0 Å². The van der Waals surface area contributed by atoms with Crippen LogP contribution in [0.2, 0.25) is 0 Å². The zero-order chi connectivity index (χ0) is 13.9. The molecule has 5 nitrogen and oxygen atoms in total. The van der Waals surface area contributed by atoms with Crippen molar-refractivity contribution in [3.8, 4) is 0 Å². The molecule has 1 aromatic rings. The number of ether oxygens (including phenoxy) is 1. The minimum absolute atomic E-state index is 0.0814. The summed E-state index contributed by atoms with van der Waals surface area (Å²) in [5, 5.41) is 5.21. The fourth-order valence-corrected chi connectivity index (χ4v) is 1.47. The fraction of sp³-hybridized carbons (Fsp3) is 0.385. The summed E-state index contributed by atoms with van der Waals surface area (Å²) in [6, 6.07) is 9.45. The van der Waals surface area contributed by atoms with E-state index in [1.807, 2.05) is 30.3 Å². The SMILES string of the molecule is O=C(Cc1ccccc1)NCCNC(=O)OCCCl. The smallest absolute Gasteiger partial charge is 0.407 e. The standard InChI is InChI=1S/C13H17ClN2O3/c14-6-9-19-13(18)16-8-7-15-12(17)10-11-4-2-1-3-5-11/h1-5H,6-10H2,(H,15,17)(H,16,18). The van der Waals surface area contributed by atoms with Crippen LogP contribution in [0.5, 0.6) is 0 Å². The number of alkyl halides is 1. The first kappa shape index (κ1) is 15.3. The molecule has 1 rings (SSSR count). The molecule has 0 bridgehead atoms. The maximum atomic E-state index is 11.6.